The summed E-state index contributed by atoms with van der Waals surface area (Å²) in [5, 5.41) is 0. The normalized spacial score (nSPS) is 43.0. The zero-order valence-corrected chi connectivity index (χ0v) is 15.3. The minimum absolute atomic E-state index is 0.143. The van der Waals surface area contributed by atoms with Crippen LogP contribution in [-0.2, 0) is 19.1 Å². The molecule has 0 bridgehead atoms. The van der Waals surface area contributed by atoms with E-state index in [1.165, 1.54) is 12.5 Å². The fourth-order valence-electron chi connectivity index (χ4n) is 6.63. The summed E-state index contributed by atoms with van der Waals surface area (Å²) in [6.07, 6.45) is 8.86. The van der Waals surface area contributed by atoms with Gasteiger partial charge in [-0.3, -0.25) is 14.4 Å². The lowest BCUT2D eigenvalue weighted by Gasteiger charge is -2.57. The molecule has 5 atom stereocenters. The molecule has 0 amide bonds. The summed E-state index contributed by atoms with van der Waals surface area (Å²) in [5.74, 6) is 1.83. The first-order valence-electron chi connectivity index (χ1n) is 9.77. The fraction of sp³-hybridized carbons (Fsp3) is 0.762. The molecule has 4 aliphatic carbocycles. The van der Waals surface area contributed by atoms with Crippen LogP contribution < -0.4 is 0 Å². The van der Waals surface area contributed by atoms with Gasteiger partial charge in [0.2, 0.25) is 0 Å². The highest BCUT2D eigenvalue weighted by atomic mass is 16.5. The number of Topliss-reactive ketones (excluding diaryl/α,β-unsaturated/α-hetero) is 1. The first kappa shape index (κ1) is 17.0. The van der Waals surface area contributed by atoms with Crippen molar-refractivity contribution in [1.29, 1.82) is 0 Å². The molecule has 0 saturated heterocycles. The number of hydrogen-bond donors (Lipinski definition) is 0. The van der Waals surface area contributed by atoms with Gasteiger partial charge in [-0.05, 0) is 62.4 Å². The Labute approximate surface area is 149 Å². The number of ketones is 2. The second kappa shape index (κ2) is 5.78. The first-order valence-corrected chi connectivity index (χ1v) is 9.77. The highest BCUT2D eigenvalue weighted by Crippen LogP contribution is 2.64. The summed E-state index contributed by atoms with van der Waals surface area (Å²) < 4.78 is 5.53. The van der Waals surface area contributed by atoms with Gasteiger partial charge in [-0.1, -0.05) is 12.5 Å². The Hall–Kier alpha value is -1.45. The van der Waals surface area contributed by atoms with Gasteiger partial charge in [0.15, 0.2) is 5.78 Å². The molecule has 136 valence electrons. The molecule has 0 aromatic carbocycles. The summed E-state index contributed by atoms with van der Waals surface area (Å²) >= 11 is 0. The lowest BCUT2D eigenvalue weighted by atomic mass is 9.47. The van der Waals surface area contributed by atoms with Gasteiger partial charge in [0.25, 0.3) is 0 Å². The van der Waals surface area contributed by atoms with E-state index in [1.54, 1.807) is 0 Å². The van der Waals surface area contributed by atoms with Crippen LogP contribution in [0, 0.1) is 28.6 Å². The van der Waals surface area contributed by atoms with Crippen LogP contribution in [0.2, 0.25) is 0 Å². The molecule has 0 aromatic heterocycles. The quantitative estimate of drug-likeness (QED) is 0.718. The molecule has 0 aromatic rings. The standard InChI is InChI=1S/C21H28O4/c1-13(22)25-12-21-10-7-15(23)11-14(21)3-4-16-17-5-6-19(24)20(17,2)9-8-18(16)21/h11,16-18H,3-10,12H2,1-2H3. The maximum atomic E-state index is 12.5. The summed E-state index contributed by atoms with van der Waals surface area (Å²) in [6, 6.07) is 0. The van der Waals surface area contributed by atoms with Crippen molar-refractivity contribution < 1.29 is 19.1 Å². The van der Waals surface area contributed by atoms with E-state index in [1.807, 2.05) is 6.08 Å². The van der Waals surface area contributed by atoms with Crippen molar-refractivity contribution in [2.24, 2.45) is 28.6 Å². The van der Waals surface area contributed by atoms with Crippen LogP contribution in [0.1, 0.15) is 65.2 Å². The number of ether oxygens (including phenoxy) is 1. The van der Waals surface area contributed by atoms with Crippen molar-refractivity contribution in [3.63, 3.8) is 0 Å². The van der Waals surface area contributed by atoms with E-state index in [4.69, 9.17) is 4.74 Å². The molecule has 0 spiro atoms. The predicted octanol–water partition coefficient (Wildman–Crippen LogP) is 3.63. The number of carbonyl (C=O) groups is 3. The van der Waals surface area contributed by atoms with Gasteiger partial charge in [0, 0.05) is 30.6 Å². The molecule has 3 fully saturated rings. The van der Waals surface area contributed by atoms with Crippen molar-refractivity contribution in [3.8, 4) is 0 Å². The van der Waals surface area contributed by atoms with Crippen LogP contribution in [-0.4, -0.2) is 24.1 Å². The zero-order valence-electron chi connectivity index (χ0n) is 15.3. The van der Waals surface area contributed by atoms with E-state index in [2.05, 4.69) is 6.92 Å². The lowest BCUT2D eigenvalue weighted by molar-refractivity contribution is -0.150. The van der Waals surface area contributed by atoms with Gasteiger partial charge >= 0.3 is 5.97 Å². The Balaban J connectivity index is 1.71. The Morgan fingerprint density at radius 1 is 1.12 bits per heavy atom. The van der Waals surface area contributed by atoms with Crippen LogP contribution in [0.5, 0.6) is 0 Å². The molecule has 0 aliphatic heterocycles. The third-order valence-corrected chi connectivity index (χ3v) is 7.93. The Morgan fingerprint density at radius 2 is 1.92 bits per heavy atom. The topological polar surface area (TPSA) is 60.4 Å². The van der Waals surface area contributed by atoms with Crippen LogP contribution in [0.3, 0.4) is 0 Å². The SMILES string of the molecule is CC(=O)OCC12CCC(=O)C=C1CCC1C3CCC(=O)C3(C)CCC12. The number of esters is 1. The molecule has 0 radical (unpaired) electrons. The van der Waals surface area contributed by atoms with Crippen LogP contribution in [0.4, 0.5) is 0 Å². The van der Waals surface area contributed by atoms with Crippen molar-refractivity contribution in [1.82, 2.24) is 0 Å². The first-order chi connectivity index (χ1) is 11.9. The van der Waals surface area contributed by atoms with Gasteiger partial charge in [-0.2, -0.15) is 0 Å². The molecule has 4 aliphatic rings. The maximum Gasteiger partial charge on any atom is 0.302 e. The minimum Gasteiger partial charge on any atom is -0.465 e. The average molecular weight is 344 g/mol. The third kappa shape index (κ3) is 2.43. The van der Waals surface area contributed by atoms with Crippen molar-refractivity contribution in [2.45, 2.75) is 65.2 Å². The van der Waals surface area contributed by atoms with Gasteiger partial charge in [0.05, 0.1) is 0 Å². The van der Waals surface area contributed by atoms with Crippen molar-refractivity contribution in [2.75, 3.05) is 6.61 Å². The number of rotatable bonds is 2. The molecular weight excluding hydrogens is 316 g/mol. The number of hydrogen-bond acceptors (Lipinski definition) is 4. The van der Waals surface area contributed by atoms with Crippen LogP contribution in [0.25, 0.3) is 0 Å². The van der Waals surface area contributed by atoms with E-state index < -0.39 is 0 Å². The van der Waals surface area contributed by atoms with Gasteiger partial charge in [0.1, 0.15) is 12.4 Å². The monoisotopic (exact) mass is 344 g/mol. The van der Waals surface area contributed by atoms with E-state index in [-0.39, 0.29) is 22.6 Å². The van der Waals surface area contributed by atoms with Crippen molar-refractivity contribution in [3.05, 3.63) is 11.6 Å². The second-order valence-electron chi connectivity index (χ2n) is 8.91. The molecule has 0 N–H and O–H groups in total. The summed E-state index contributed by atoms with van der Waals surface area (Å²) in [5.41, 5.74) is 0.893. The lowest BCUT2D eigenvalue weighted by Crippen LogP contribution is -2.53. The molecule has 5 unspecified atom stereocenters. The van der Waals surface area contributed by atoms with Gasteiger partial charge in [-0.25, -0.2) is 0 Å². The third-order valence-electron chi connectivity index (χ3n) is 7.93. The average Bonchev–Trinajstić information content (AvgIpc) is 2.88. The highest BCUT2D eigenvalue weighted by molar-refractivity contribution is 5.92. The largest absolute Gasteiger partial charge is 0.465 e. The smallest absolute Gasteiger partial charge is 0.302 e. The fourth-order valence-corrected chi connectivity index (χ4v) is 6.63. The summed E-state index contributed by atoms with van der Waals surface area (Å²) in [7, 11) is 0. The van der Waals surface area contributed by atoms with E-state index in [0.717, 1.165) is 44.9 Å². The molecule has 4 rings (SSSR count). The molecular formula is C21H28O4. The molecule has 4 nitrogen and oxygen atoms in total. The number of carbonyl (C=O) groups excluding carboxylic acids is 3. The minimum atomic E-state index is -0.246. The maximum absolute atomic E-state index is 12.5. The Bertz CT molecular complexity index is 663. The molecule has 25 heavy (non-hydrogen) atoms. The summed E-state index contributed by atoms with van der Waals surface area (Å²) in [4.78, 5) is 36.0. The van der Waals surface area contributed by atoms with E-state index in [0.29, 0.717) is 36.6 Å². The summed E-state index contributed by atoms with van der Waals surface area (Å²) in [6.45, 7) is 4.04. The van der Waals surface area contributed by atoms with E-state index >= 15 is 0 Å². The van der Waals surface area contributed by atoms with Crippen LogP contribution in [0.15, 0.2) is 11.6 Å². The Morgan fingerprint density at radius 3 is 2.68 bits per heavy atom. The Kier molecular flexibility index (Phi) is 3.93. The predicted molar refractivity (Wildman–Crippen MR) is 92.7 cm³/mol. The van der Waals surface area contributed by atoms with Crippen molar-refractivity contribution >= 4 is 17.5 Å². The number of fused-ring (bicyclic) bond motifs is 5. The zero-order chi connectivity index (χ0) is 17.8. The highest BCUT2D eigenvalue weighted by Gasteiger charge is 2.60. The van der Waals surface area contributed by atoms with E-state index in [9.17, 15) is 14.4 Å². The van der Waals surface area contributed by atoms with Gasteiger partial charge in [-0.15, -0.1) is 0 Å². The molecule has 4 heteroatoms. The molecule has 0 heterocycles. The molecule has 3 saturated carbocycles. The second-order valence-corrected chi connectivity index (χ2v) is 8.91. The van der Waals surface area contributed by atoms with Gasteiger partial charge < -0.3 is 4.74 Å². The van der Waals surface area contributed by atoms with Crippen LogP contribution >= 0.6 is 0 Å².